The van der Waals surface area contributed by atoms with Crippen molar-refractivity contribution in [2.75, 3.05) is 60.8 Å². The number of esters is 1. The number of fused-ring (bicyclic) bond motifs is 2. The fourth-order valence-electron chi connectivity index (χ4n) is 12.5. The van der Waals surface area contributed by atoms with Crippen molar-refractivity contribution in [3.05, 3.63) is 40.2 Å². The standard InChI is InChI=1S/C57H90N4O16S/c1-17-42-57(11)48(58-54(68)77-57)33(5)44(62)31(3)28-55(9,69-15)49(76-53-46(64)41(59(12)13)26-32(4)72-53)34(6)47(35(7)52(67)74-42)75-43-29-56(10,70-16)50(36(8)73-43)71-24-19-22-60(14)23-25-78-37-20-21-40-38(27-37)45(63)39(51(65)66)30-61(40)18-2/h20-21,27,30-36,41-43,46-50,53,64H,17-19,22-26,28-29H2,1-16H3,(H,58,68)(H,65,66)/t31-,32+,33+,34+,35-,36+,41-,42-,43+,46+,47+,48-,49-,50+,53-,55-,56-,57-/m1/s1. The number of cyclic esters (lactones) is 1. The van der Waals surface area contributed by atoms with Crippen LogP contribution in [0, 0.1) is 23.7 Å². The highest BCUT2D eigenvalue weighted by molar-refractivity contribution is 7.99. The number of carboxylic acid groups (broad SMARTS) is 1. The molecule has 6 rings (SSSR count). The number of aliphatic hydroxyl groups excluding tert-OH is 1. The Hall–Kier alpha value is -3.74. The summed E-state index contributed by atoms with van der Waals surface area (Å²) in [5, 5.41) is 24.7. The Balaban J connectivity index is 1.20. The highest BCUT2D eigenvalue weighted by atomic mass is 32.2. The first-order valence-electron chi connectivity index (χ1n) is 27.8. The summed E-state index contributed by atoms with van der Waals surface area (Å²) >= 11 is 1.60. The van der Waals surface area contributed by atoms with E-state index in [2.05, 4.69) is 10.2 Å². The molecule has 78 heavy (non-hydrogen) atoms. The zero-order valence-electron chi connectivity index (χ0n) is 48.9. The van der Waals surface area contributed by atoms with Gasteiger partial charge in [0.05, 0.1) is 53.1 Å². The number of aliphatic hydroxyl groups is 1. The number of ether oxygens (including phenoxy) is 9. The van der Waals surface area contributed by atoms with Gasteiger partial charge in [0, 0.05) is 92.9 Å². The molecule has 4 saturated heterocycles. The van der Waals surface area contributed by atoms with Crippen molar-refractivity contribution in [3.63, 3.8) is 0 Å². The maximum absolute atomic E-state index is 14.8. The molecule has 1 amide bonds. The third-order valence-electron chi connectivity index (χ3n) is 17.2. The lowest BCUT2D eigenvalue weighted by Gasteiger charge is -2.50. The van der Waals surface area contributed by atoms with E-state index in [1.54, 1.807) is 57.4 Å². The molecule has 4 aliphatic rings. The van der Waals surface area contributed by atoms with E-state index < -0.39 is 119 Å². The van der Waals surface area contributed by atoms with Crippen LogP contribution < -0.4 is 10.7 Å². The second-order valence-electron chi connectivity index (χ2n) is 23.2. The molecule has 0 unspecified atom stereocenters. The number of Topliss-reactive ketones (excluding diaryl/α,β-unsaturated/α-hetero) is 1. The number of hydrogen-bond acceptors (Lipinski definition) is 18. The van der Waals surface area contributed by atoms with Crippen LogP contribution in [0.4, 0.5) is 4.79 Å². The third-order valence-corrected chi connectivity index (χ3v) is 18.2. The minimum Gasteiger partial charge on any atom is -0.477 e. The lowest BCUT2D eigenvalue weighted by Crippen LogP contribution is -2.61. The van der Waals surface area contributed by atoms with Crippen molar-refractivity contribution in [2.24, 2.45) is 23.7 Å². The van der Waals surface area contributed by atoms with E-state index in [0.717, 1.165) is 23.7 Å². The summed E-state index contributed by atoms with van der Waals surface area (Å²) in [7, 11) is 9.00. The number of nitrogens with one attached hydrogen (secondary N) is 1. The van der Waals surface area contributed by atoms with Crippen LogP contribution in [0.1, 0.15) is 119 Å². The second kappa shape index (κ2) is 26.4. The number of rotatable bonds is 19. The number of amides is 1. The van der Waals surface area contributed by atoms with E-state index in [-0.39, 0.29) is 42.8 Å². The van der Waals surface area contributed by atoms with Gasteiger partial charge in [-0.2, -0.15) is 0 Å². The van der Waals surface area contributed by atoms with E-state index in [1.807, 2.05) is 93.6 Å². The molecular formula is C57H90N4O16S. The highest BCUT2D eigenvalue weighted by Gasteiger charge is 2.58. The van der Waals surface area contributed by atoms with Gasteiger partial charge >= 0.3 is 18.0 Å². The van der Waals surface area contributed by atoms with Gasteiger partial charge in [-0.25, -0.2) is 9.59 Å². The molecule has 0 bridgehead atoms. The first-order valence-corrected chi connectivity index (χ1v) is 28.8. The number of pyridine rings is 1. The smallest absolute Gasteiger partial charge is 0.408 e. The molecule has 1 aromatic carbocycles. The predicted molar refractivity (Wildman–Crippen MR) is 294 cm³/mol. The van der Waals surface area contributed by atoms with Crippen LogP contribution in [-0.2, 0) is 58.8 Å². The van der Waals surface area contributed by atoms with Gasteiger partial charge in [-0.3, -0.25) is 14.4 Å². The van der Waals surface area contributed by atoms with Crippen molar-refractivity contribution < 1.29 is 72.0 Å². The molecule has 4 fully saturated rings. The number of alkyl carbamates (subject to hydrolysis) is 1. The van der Waals surface area contributed by atoms with Crippen LogP contribution in [0.5, 0.6) is 0 Å². The number of aromatic carboxylic acids is 1. The minimum absolute atomic E-state index is 0.150. The van der Waals surface area contributed by atoms with E-state index in [0.29, 0.717) is 36.9 Å². The molecule has 3 N–H and O–H groups in total. The summed E-state index contributed by atoms with van der Waals surface area (Å²) in [6.45, 7) is 22.7. The lowest BCUT2D eigenvalue weighted by atomic mass is 9.73. The molecule has 1 aromatic heterocycles. The van der Waals surface area contributed by atoms with E-state index in [9.17, 15) is 34.2 Å². The SMILES string of the molecule is CC[C@H]1OC(=O)[C@H](C)[C@@H](O[C@H]2C[C@@](C)(OC)[C@@H](OCCCN(C)CCSc3ccc4c(c3)c(=O)c(C(=O)O)cn4CC)[C@H](C)O2)[C@H](C)[C@@H](O[C@H]2O[C@@H](C)C[C@@H](N(C)C)[C@@H]2O)[C@](C)(OC)C[C@@H](C)C(=O)[C@H](C)[C@H]2NC(=O)O[C@@]21C. The molecule has 5 heterocycles. The van der Waals surface area contributed by atoms with Crippen molar-refractivity contribution >= 4 is 46.5 Å². The molecule has 4 aliphatic heterocycles. The number of aromatic nitrogens is 1. The summed E-state index contributed by atoms with van der Waals surface area (Å²) in [5.41, 5.74) is -3.60. The largest absolute Gasteiger partial charge is 0.477 e. The molecule has 0 radical (unpaired) electrons. The van der Waals surface area contributed by atoms with Crippen molar-refractivity contribution in [2.45, 2.75) is 204 Å². The Kier molecular flexibility index (Phi) is 21.5. The average Bonchev–Trinajstić information content (AvgIpc) is 3.79. The number of benzene rings is 1. The number of thioether (sulfide) groups is 1. The van der Waals surface area contributed by atoms with E-state index in [4.69, 9.17) is 42.6 Å². The second-order valence-corrected chi connectivity index (χ2v) is 24.3. The van der Waals surface area contributed by atoms with Crippen LogP contribution in [0.15, 0.2) is 34.1 Å². The molecule has 0 aliphatic carbocycles. The predicted octanol–water partition coefficient (Wildman–Crippen LogP) is 6.37. The number of likely N-dealkylation sites (N-methyl/N-ethyl adjacent to an activating group) is 1. The summed E-state index contributed by atoms with van der Waals surface area (Å²) in [4.78, 5) is 72.3. The van der Waals surface area contributed by atoms with Gasteiger partial charge < -0.3 is 72.5 Å². The number of methoxy groups -OCH3 is 2. The number of ketones is 1. The minimum atomic E-state index is -1.39. The molecule has 18 atom stereocenters. The number of carbonyl (C=O) groups excluding carboxylic acids is 3. The number of carboxylic acids is 1. The Morgan fingerprint density at radius 1 is 0.910 bits per heavy atom. The Bertz CT molecular complexity index is 2460. The Morgan fingerprint density at radius 3 is 2.22 bits per heavy atom. The fourth-order valence-corrected chi connectivity index (χ4v) is 13.5. The monoisotopic (exact) mass is 1120 g/mol. The zero-order chi connectivity index (χ0) is 57.8. The van der Waals surface area contributed by atoms with E-state index >= 15 is 0 Å². The zero-order valence-corrected chi connectivity index (χ0v) is 49.7. The van der Waals surface area contributed by atoms with Crippen LogP contribution in [0.2, 0.25) is 0 Å². The quantitative estimate of drug-likeness (QED) is 0.0788. The molecule has 440 valence electrons. The first kappa shape index (κ1) is 63.4. The Labute approximate surface area is 465 Å². The highest BCUT2D eigenvalue weighted by Crippen LogP contribution is 2.43. The number of carbonyl (C=O) groups is 4. The topological polar surface area (TPSA) is 232 Å². The van der Waals surface area contributed by atoms with Crippen molar-refractivity contribution in [1.82, 2.24) is 19.7 Å². The molecule has 0 saturated carbocycles. The summed E-state index contributed by atoms with van der Waals surface area (Å²) in [5.74, 6) is -4.40. The molecule has 0 spiro atoms. The fraction of sp³-hybridized carbons (Fsp3) is 0.772. The normalized spacial score (nSPS) is 37.2. The maximum atomic E-state index is 14.8. The van der Waals surface area contributed by atoms with Gasteiger partial charge in [0.25, 0.3) is 0 Å². The summed E-state index contributed by atoms with van der Waals surface area (Å²) < 4.78 is 60.5. The van der Waals surface area contributed by atoms with Crippen LogP contribution in [-0.4, -0.2) is 193 Å². The lowest BCUT2D eigenvalue weighted by molar-refractivity contribution is -0.322. The molecule has 21 heteroatoms. The van der Waals surface area contributed by atoms with Gasteiger partial charge in [-0.05, 0) is 113 Å². The third kappa shape index (κ3) is 13.8. The number of hydrogen-bond donors (Lipinski definition) is 3. The number of aryl methyl sites for hydroxylation is 1. The van der Waals surface area contributed by atoms with Gasteiger partial charge in [0.2, 0.25) is 5.43 Å². The maximum Gasteiger partial charge on any atom is 0.408 e. The van der Waals surface area contributed by atoms with Crippen LogP contribution >= 0.6 is 11.8 Å². The van der Waals surface area contributed by atoms with Crippen LogP contribution in [0.25, 0.3) is 10.9 Å². The van der Waals surface area contributed by atoms with Gasteiger partial charge in [0.15, 0.2) is 18.2 Å². The first-order chi connectivity index (χ1) is 36.7. The summed E-state index contributed by atoms with van der Waals surface area (Å²) in [6, 6.07) is 4.48. The van der Waals surface area contributed by atoms with Gasteiger partial charge in [-0.1, -0.05) is 27.7 Å². The van der Waals surface area contributed by atoms with Gasteiger partial charge in [-0.15, -0.1) is 11.8 Å². The van der Waals surface area contributed by atoms with Gasteiger partial charge in [0.1, 0.15) is 29.7 Å². The van der Waals surface area contributed by atoms with Crippen molar-refractivity contribution in [3.8, 4) is 0 Å². The molecule has 20 nitrogen and oxygen atoms in total. The average molecular weight is 1120 g/mol. The number of nitrogens with zero attached hydrogens (tertiary/aromatic N) is 3. The van der Waals surface area contributed by atoms with Crippen molar-refractivity contribution in [1.29, 1.82) is 0 Å². The molecule has 2 aromatic rings. The summed E-state index contributed by atoms with van der Waals surface area (Å²) in [6.07, 6.45) is -4.79. The van der Waals surface area contributed by atoms with Crippen LogP contribution in [0.3, 0.4) is 0 Å². The molecular weight excluding hydrogens is 1030 g/mol. The Morgan fingerprint density at radius 2 is 1.59 bits per heavy atom. The van der Waals surface area contributed by atoms with E-state index in [1.165, 1.54) is 6.20 Å².